The van der Waals surface area contributed by atoms with Crippen LogP contribution < -0.4 is 0 Å². The summed E-state index contributed by atoms with van der Waals surface area (Å²) in [5.41, 5.74) is 0.889. The fraction of sp³-hybridized carbons (Fsp3) is 0.333. The summed E-state index contributed by atoms with van der Waals surface area (Å²) in [6.45, 7) is 3.34. The van der Waals surface area contributed by atoms with E-state index in [0.29, 0.717) is 19.8 Å². The van der Waals surface area contributed by atoms with Gasteiger partial charge in [-0.25, -0.2) is 0 Å². The molecule has 102 valence electrons. The maximum atomic E-state index is 11.7. The Kier molecular flexibility index (Phi) is 6.53. The van der Waals surface area contributed by atoms with Gasteiger partial charge >= 0.3 is 0 Å². The summed E-state index contributed by atoms with van der Waals surface area (Å²) in [6, 6.07) is 9.38. The van der Waals surface area contributed by atoms with E-state index in [2.05, 4.69) is 0 Å². The van der Waals surface area contributed by atoms with Crippen LogP contribution in [0.5, 0.6) is 0 Å². The Morgan fingerprint density at radius 3 is 2.58 bits per heavy atom. The molecule has 0 fully saturated rings. The molecule has 19 heavy (non-hydrogen) atoms. The van der Waals surface area contributed by atoms with Crippen LogP contribution in [0.1, 0.15) is 12.5 Å². The molecule has 0 atom stereocenters. The molecular formula is C15H19NO3. The summed E-state index contributed by atoms with van der Waals surface area (Å²) >= 11 is 0. The molecule has 0 bridgehead atoms. The van der Waals surface area contributed by atoms with E-state index in [1.165, 1.54) is 11.0 Å². The molecule has 0 aliphatic carbocycles. The average molecular weight is 261 g/mol. The minimum absolute atomic E-state index is 0.414. The summed E-state index contributed by atoms with van der Waals surface area (Å²) in [5.74, 6) is -1.05. The summed E-state index contributed by atoms with van der Waals surface area (Å²) in [5, 5.41) is 0. The maximum Gasteiger partial charge on any atom is 0.294 e. The van der Waals surface area contributed by atoms with Crippen molar-refractivity contribution in [2.24, 2.45) is 0 Å². The second kappa shape index (κ2) is 8.21. The topological polar surface area (TPSA) is 46.6 Å². The van der Waals surface area contributed by atoms with E-state index in [1.807, 2.05) is 37.3 Å². The lowest BCUT2D eigenvalue weighted by molar-refractivity contribution is -0.141. The van der Waals surface area contributed by atoms with Gasteiger partial charge < -0.3 is 9.64 Å². The molecule has 1 amide bonds. The van der Waals surface area contributed by atoms with E-state index >= 15 is 0 Å². The monoisotopic (exact) mass is 261 g/mol. The SMILES string of the molecule is CCOCCN(C)C(=O)C(=O)C=Cc1ccccc1. The van der Waals surface area contributed by atoms with Crippen molar-refractivity contribution < 1.29 is 14.3 Å². The Balaban J connectivity index is 2.48. The number of ether oxygens (including phenoxy) is 1. The third-order valence-corrected chi connectivity index (χ3v) is 2.56. The van der Waals surface area contributed by atoms with Gasteiger partial charge in [0.25, 0.3) is 5.91 Å². The van der Waals surface area contributed by atoms with Crippen molar-refractivity contribution >= 4 is 17.8 Å². The highest BCUT2D eigenvalue weighted by molar-refractivity contribution is 6.41. The lowest BCUT2D eigenvalue weighted by atomic mass is 10.2. The Hall–Kier alpha value is -1.94. The Morgan fingerprint density at radius 2 is 1.95 bits per heavy atom. The summed E-state index contributed by atoms with van der Waals surface area (Å²) in [7, 11) is 1.59. The first-order chi connectivity index (χ1) is 9.15. The van der Waals surface area contributed by atoms with Crippen molar-refractivity contribution in [1.82, 2.24) is 4.90 Å². The third kappa shape index (κ3) is 5.48. The standard InChI is InChI=1S/C15H19NO3/c1-3-19-12-11-16(2)15(18)14(17)10-9-13-7-5-4-6-8-13/h4-10H,3,11-12H2,1-2H3. The number of likely N-dealkylation sites (N-methyl/N-ethyl adjacent to an activating group) is 1. The number of ketones is 1. The predicted molar refractivity (Wildman–Crippen MR) is 74.6 cm³/mol. The molecule has 0 unspecified atom stereocenters. The minimum atomic E-state index is -0.525. The van der Waals surface area contributed by atoms with Crippen molar-refractivity contribution in [3.63, 3.8) is 0 Å². The van der Waals surface area contributed by atoms with Crippen molar-refractivity contribution in [1.29, 1.82) is 0 Å². The molecule has 0 aliphatic rings. The molecule has 0 saturated carbocycles. The molecule has 0 aromatic heterocycles. The second-order valence-electron chi connectivity index (χ2n) is 4.03. The van der Waals surface area contributed by atoms with Gasteiger partial charge in [0.1, 0.15) is 0 Å². The number of carbonyl (C=O) groups is 2. The van der Waals surface area contributed by atoms with Crippen LogP contribution in [0.2, 0.25) is 0 Å². The molecule has 0 saturated heterocycles. The van der Waals surface area contributed by atoms with E-state index < -0.39 is 11.7 Å². The summed E-state index contributed by atoms with van der Waals surface area (Å²) in [4.78, 5) is 24.8. The van der Waals surface area contributed by atoms with E-state index in [0.717, 1.165) is 5.56 Å². The zero-order valence-electron chi connectivity index (χ0n) is 11.3. The number of rotatable bonds is 7. The van der Waals surface area contributed by atoms with Crippen LogP contribution in [0.4, 0.5) is 0 Å². The van der Waals surface area contributed by atoms with Crippen LogP contribution in [-0.2, 0) is 14.3 Å². The fourth-order valence-corrected chi connectivity index (χ4v) is 1.44. The lowest BCUT2D eigenvalue weighted by Crippen LogP contribution is -2.34. The van der Waals surface area contributed by atoms with Gasteiger partial charge in [-0.1, -0.05) is 36.4 Å². The third-order valence-electron chi connectivity index (χ3n) is 2.56. The Morgan fingerprint density at radius 1 is 1.26 bits per heavy atom. The van der Waals surface area contributed by atoms with Crippen LogP contribution >= 0.6 is 0 Å². The highest BCUT2D eigenvalue weighted by atomic mass is 16.5. The minimum Gasteiger partial charge on any atom is -0.380 e. The van der Waals surface area contributed by atoms with Gasteiger partial charge in [-0.3, -0.25) is 9.59 Å². The van der Waals surface area contributed by atoms with Crippen LogP contribution in [0.15, 0.2) is 36.4 Å². The number of nitrogens with zero attached hydrogens (tertiary/aromatic N) is 1. The van der Waals surface area contributed by atoms with Gasteiger partial charge in [0, 0.05) is 20.2 Å². The highest BCUT2D eigenvalue weighted by Crippen LogP contribution is 2.01. The van der Waals surface area contributed by atoms with E-state index in [9.17, 15) is 9.59 Å². The van der Waals surface area contributed by atoms with Crippen LogP contribution in [0, 0.1) is 0 Å². The first-order valence-corrected chi connectivity index (χ1v) is 6.25. The molecule has 4 heteroatoms. The van der Waals surface area contributed by atoms with Gasteiger partial charge in [-0.05, 0) is 18.6 Å². The van der Waals surface area contributed by atoms with Crippen molar-refractivity contribution in [2.75, 3.05) is 26.8 Å². The molecule has 1 aromatic carbocycles. The molecule has 0 spiro atoms. The highest BCUT2D eigenvalue weighted by Gasteiger charge is 2.15. The number of hydrogen-bond donors (Lipinski definition) is 0. The fourth-order valence-electron chi connectivity index (χ4n) is 1.44. The van der Waals surface area contributed by atoms with Gasteiger partial charge in [0.05, 0.1) is 6.61 Å². The smallest absolute Gasteiger partial charge is 0.294 e. The van der Waals surface area contributed by atoms with E-state index in [-0.39, 0.29) is 0 Å². The average Bonchev–Trinajstić information content (AvgIpc) is 2.45. The molecule has 1 rings (SSSR count). The molecule has 0 N–H and O–H groups in total. The van der Waals surface area contributed by atoms with Gasteiger partial charge in [0.15, 0.2) is 0 Å². The lowest BCUT2D eigenvalue weighted by Gasteiger charge is -2.14. The maximum absolute atomic E-state index is 11.7. The predicted octanol–water partition coefficient (Wildman–Crippen LogP) is 1.76. The Labute approximate surface area is 113 Å². The number of benzene rings is 1. The zero-order chi connectivity index (χ0) is 14.1. The van der Waals surface area contributed by atoms with Crippen LogP contribution in [0.3, 0.4) is 0 Å². The molecule has 4 nitrogen and oxygen atoms in total. The zero-order valence-corrected chi connectivity index (χ0v) is 11.3. The normalized spacial score (nSPS) is 10.6. The molecule has 0 aliphatic heterocycles. The Bertz CT molecular complexity index is 440. The van der Waals surface area contributed by atoms with Crippen molar-refractivity contribution in [3.05, 3.63) is 42.0 Å². The number of carbonyl (C=O) groups excluding carboxylic acids is 2. The van der Waals surface area contributed by atoms with Gasteiger partial charge in [-0.2, -0.15) is 0 Å². The molecule has 1 aromatic rings. The number of hydrogen-bond acceptors (Lipinski definition) is 3. The molecule has 0 radical (unpaired) electrons. The second-order valence-corrected chi connectivity index (χ2v) is 4.03. The summed E-state index contributed by atoms with van der Waals surface area (Å²) in [6.07, 6.45) is 2.94. The quantitative estimate of drug-likeness (QED) is 0.427. The largest absolute Gasteiger partial charge is 0.380 e. The van der Waals surface area contributed by atoms with Crippen molar-refractivity contribution in [3.8, 4) is 0 Å². The van der Waals surface area contributed by atoms with Gasteiger partial charge in [-0.15, -0.1) is 0 Å². The van der Waals surface area contributed by atoms with Gasteiger partial charge in [0.2, 0.25) is 5.78 Å². The van der Waals surface area contributed by atoms with E-state index in [4.69, 9.17) is 4.74 Å². The molecule has 0 heterocycles. The first-order valence-electron chi connectivity index (χ1n) is 6.25. The summed E-state index contributed by atoms with van der Waals surface area (Å²) < 4.78 is 5.14. The van der Waals surface area contributed by atoms with Crippen molar-refractivity contribution in [2.45, 2.75) is 6.92 Å². The molecular weight excluding hydrogens is 242 g/mol. The first kappa shape index (κ1) is 15.1. The number of amides is 1. The van der Waals surface area contributed by atoms with Crippen LogP contribution in [-0.4, -0.2) is 43.4 Å². The van der Waals surface area contributed by atoms with E-state index in [1.54, 1.807) is 13.1 Å². The van der Waals surface area contributed by atoms with Crippen LogP contribution in [0.25, 0.3) is 6.08 Å².